The number of morpholine rings is 1. The van der Waals surface area contributed by atoms with Gasteiger partial charge in [-0.25, -0.2) is 0 Å². The van der Waals surface area contributed by atoms with E-state index in [1.54, 1.807) is 0 Å². The fourth-order valence-corrected chi connectivity index (χ4v) is 3.41. The minimum absolute atomic E-state index is 0.0896. The highest BCUT2D eigenvalue weighted by Crippen LogP contribution is 2.39. The number of hydrogen-bond acceptors (Lipinski definition) is 3. The Kier molecular flexibility index (Phi) is 4.06. The van der Waals surface area contributed by atoms with Crippen molar-refractivity contribution in [2.24, 2.45) is 5.92 Å². The Hall–Kier alpha value is -1.85. The molecule has 2 unspecified atom stereocenters. The van der Waals surface area contributed by atoms with Gasteiger partial charge in [-0.1, -0.05) is 41.9 Å². The van der Waals surface area contributed by atoms with Gasteiger partial charge in [-0.3, -0.25) is 9.89 Å². The summed E-state index contributed by atoms with van der Waals surface area (Å²) in [6.45, 7) is 2.94. The molecule has 6 heteroatoms. The van der Waals surface area contributed by atoms with E-state index in [4.69, 9.17) is 16.3 Å². The minimum Gasteiger partial charge on any atom is -0.366 e. The Morgan fingerprint density at radius 3 is 2.67 bits per heavy atom. The zero-order valence-corrected chi connectivity index (χ0v) is 14.3. The third kappa shape index (κ3) is 2.94. The molecule has 0 radical (unpaired) electrons. The van der Waals surface area contributed by atoms with Crippen LogP contribution in [0.25, 0.3) is 0 Å². The van der Waals surface area contributed by atoms with Gasteiger partial charge in [-0.2, -0.15) is 5.10 Å². The highest BCUT2D eigenvalue weighted by atomic mass is 35.5. The number of carbonyl (C=O) groups is 1. The molecular weight excluding hydrogens is 326 g/mol. The quantitative estimate of drug-likeness (QED) is 0.927. The molecule has 0 spiro atoms. The number of halogens is 1. The van der Waals surface area contributed by atoms with Crippen LogP contribution in [0.2, 0.25) is 5.02 Å². The molecule has 2 heterocycles. The zero-order valence-electron chi connectivity index (χ0n) is 13.5. The average molecular weight is 346 g/mol. The molecule has 2 fully saturated rings. The summed E-state index contributed by atoms with van der Waals surface area (Å²) in [7, 11) is 0. The number of nitrogens with zero attached hydrogens (tertiary/aromatic N) is 2. The number of carbonyl (C=O) groups excluding carboxylic acids is 1. The van der Waals surface area contributed by atoms with Crippen LogP contribution in [-0.4, -0.2) is 40.2 Å². The van der Waals surface area contributed by atoms with Crippen molar-refractivity contribution in [1.29, 1.82) is 0 Å². The maximum Gasteiger partial charge on any atom is 0.276 e. The van der Waals surface area contributed by atoms with Crippen LogP contribution in [-0.2, 0) is 4.74 Å². The molecule has 2 aliphatic rings. The molecular formula is C18H20ClN3O2. The molecule has 126 valence electrons. The van der Waals surface area contributed by atoms with Crippen molar-refractivity contribution >= 4 is 17.5 Å². The van der Waals surface area contributed by atoms with Gasteiger partial charge in [0.15, 0.2) is 5.69 Å². The lowest BCUT2D eigenvalue weighted by molar-refractivity contribution is -0.0865. The van der Waals surface area contributed by atoms with Gasteiger partial charge in [0, 0.05) is 6.54 Å². The van der Waals surface area contributed by atoms with Gasteiger partial charge in [0.05, 0.1) is 23.4 Å². The van der Waals surface area contributed by atoms with Crippen molar-refractivity contribution in [3.63, 3.8) is 0 Å². The summed E-state index contributed by atoms with van der Waals surface area (Å²) in [5, 5.41) is 7.28. The number of rotatable bonds is 3. The number of nitrogens with one attached hydrogen (secondary N) is 1. The maximum atomic E-state index is 12.9. The van der Waals surface area contributed by atoms with E-state index in [0.29, 0.717) is 35.4 Å². The summed E-state index contributed by atoms with van der Waals surface area (Å²) in [4.78, 5) is 14.7. The second kappa shape index (κ2) is 6.22. The van der Waals surface area contributed by atoms with Crippen LogP contribution in [0.1, 0.15) is 40.7 Å². The Balaban J connectivity index is 1.59. The summed E-state index contributed by atoms with van der Waals surface area (Å²) in [5.41, 5.74) is 2.12. The molecule has 1 N–H and O–H groups in total. The van der Waals surface area contributed by atoms with Crippen LogP contribution < -0.4 is 0 Å². The monoisotopic (exact) mass is 345 g/mol. The van der Waals surface area contributed by atoms with E-state index in [0.717, 1.165) is 5.56 Å². The summed E-state index contributed by atoms with van der Waals surface area (Å²) >= 11 is 6.22. The van der Waals surface area contributed by atoms with E-state index in [-0.39, 0.29) is 18.1 Å². The molecule has 0 bridgehead atoms. The van der Waals surface area contributed by atoms with Gasteiger partial charge in [0.25, 0.3) is 5.91 Å². The standard InChI is InChI=1S/C18H20ClN3O2/c1-11-16(19)17(21-20-11)18(23)22-9-14(12-5-3-2-4-6-12)24-15(10-22)13-7-8-13/h2-6,13-15H,7-10H2,1H3,(H,20,21). The van der Waals surface area contributed by atoms with Crippen molar-refractivity contribution in [3.8, 4) is 0 Å². The smallest absolute Gasteiger partial charge is 0.276 e. The highest BCUT2D eigenvalue weighted by Gasteiger charge is 2.40. The van der Waals surface area contributed by atoms with Crippen LogP contribution in [0.3, 0.4) is 0 Å². The van der Waals surface area contributed by atoms with Crippen molar-refractivity contribution in [2.75, 3.05) is 13.1 Å². The molecule has 24 heavy (non-hydrogen) atoms. The summed E-state index contributed by atoms with van der Waals surface area (Å²) < 4.78 is 6.29. The van der Waals surface area contributed by atoms with Gasteiger partial charge in [0.2, 0.25) is 0 Å². The third-order valence-electron chi connectivity index (χ3n) is 4.81. The van der Waals surface area contributed by atoms with Gasteiger partial charge in [0.1, 0.15) is 6.10 Å². The number of amides is 1. The third-order valence-corrected chi connectivity index (χ3v) is 5.27. The molecule has 2 atom stereocenters. The first-order valence-electron chi connectivity index (χ1n) is 8.33. The molecule has 1 aliphatic heterocycles. The Morgan fingerprint density at radius 2 is 2.04 bits per heavy atom. The number of aromatic nitrogens is 2. The number of ether oxygens (including phenoxy) is 1. The summed E-state index contributed by atoms with van der Waals surface area (Å²) in [6, 6.07) is 10.1. The predicted molar refractivity (Wildman–Crippen MR) is 91.0 cm³/mol. The van der Waals surface area contributed by atoms with E-state index in [1.807, 2.05) is 42.2 Å². The van der Waals surface area contributed by atoms with E-state index in [9.17, 15) is 4.79 Å². The fourth-order valence-electron chi connectivity index (χ4n) is 3.24. The lowest BCUT2D eigenvalue weighted by atomic mass is 10.0. The van der Waals surface area contributed by atoms with E-state index < -0.39 is 0 Å². The van der Waals surface area contributed by atoms with Gasteiger partial charge in [-0.05, 0) is 31.2 Å². The minimum atomic E-state index is -0.126. The van der Waals surface area contributed by atoms with Crippen LogP contribution in [0, 0.1) is 12.8 Å². The second-order valence-corrected chi connectivity index (χ2v) is 7.01. The first-order chi connectivity index (χ1) is 11.6. The molecule has 1 aromatic carbocycles. The lowest BCUT2D eigenvalue weighted by Gasteiger charge is -2.38. The van der Waals surface area contributed by atoms with Crippen molar-refractivity contribution in [3.05, 3.63) is 52.3 Å². The molecule has 1 aliphatic carbocycles. The molecule has 1 saturated carbocycles. The topological polar surface area (TPSA) is 58.2 Å². The normalized spacial score (nSPS) is 24.2. The van der Waals surface area contributed by atoms with Crippen LogP contribution in [0.4, 0.5) is 0 Å². The Morgan fingerprint density at radius 1 is 1.29 bits per heavy atom. The van der Waals surface area contributed by atoms with E-state index in [1.165, 1.54) is 12.8 Å². The highest BCUT2D eigenvalue weighted by molar-refractivity contribution is 6.34. The number of benzene rings is 1. The number of H-pyrrole nitrogens is 1. The molecule has 1 amide bonds. The lowest BCUT2D eigenvalue weighted by Crippen LogP contribution is -2.47. The fraction of sp³-hybridized carbons (Fsp3) is 0.444. The second-order valence-electron chi connectivity index (χ2n) is 6.63. The first-order valence-corrected chi connectivity index (χ1v) is 8.71. The largest absolute Gasteiger partial charge is 0.366 e. The number of aromatic amines is 1. The number of aryl methyl sites for hydroxylation is 1. The number of hydrogen-bond donors (Lipinski definition) is 1. The van der Waals surface area contributed by atoms with Gasteiger partial charge >= 0.3 is 0 Å². The molecule has 5 nitrogen and oxygen atoms in total. The van der Waals surface area contributed by atoms with Crippen LogP contribution >= 0.6 is 11.6 Å². The predicted octanol–water partition coefficient (Wildman–Crippen LogP) is 3.36. The zero-order chi connectivity index (χ0) is 16.7. The van der Waals surface area contributed by atoms with Gasteiger partial charge < -0.3 is 9.64 Å². The van der Waals surface area contributed by atoms with Crippen molar-refractivity contribution in [1.82, 2.24) is 15.1 Å². The molecule has 4 rings (SSSR count). The Bertz CT molecular complexity index is 742. The molecule has 1 aromatic heterocycles. The Labute approximate surface area is 145 Å². The first kappa shape index (κ1) is 15.7. The summed E-state index contributed by atoms with van der Waals surface area (Å²) in [5.74, 6) is 0.433. The maximum absolute atomic E-state index is 12.9. The summed E-state index contributed by atoms with van der Waals surface area (Å²) in [6.07, 6.45) is 2.34. The van der Waals surface area contributed by atoms with Crippen LogP contribution in [0.15, 0.2) is 30.3 Å². The van der Waals surface area contributed by atoms with Crippen molar-refractivity contribution < 1.29 is 9.53 Å². The van der Waals surface area contributed by atoms with E-state index in [2.05, 4.69) is 10.2 Å². The average Bonchev–Trinajstić information content (AvgIpc) is 3.42. The SMILES string of the molecule is Cc1[nH]nc(C(=O)N2CC(c3ccccc3)OC(C3CC3)C2)c1Cl. The van der Waals surface area contributed by atoms with E-state index >= 15 is 0 Å². The van der Waals surface area contributed by atoms with Crippen LogP contribution in [0.5, 0.6) is 0 Å². The molecule has 1 saturated heterocycles. The van der Waals surface area contributed by atoms with Crippen molar-refractivity contribution in [2.45, 2.75) is 32.0 Å². The molecule has 2 aromatic rings. The van der Waals surface area contributed by atoms with Gasteiger partial charge in [-0.15, -0.1) is 0 Å².